The second-order valence-corrected chi connectivity index (χ2v) is 2.79. The summed E-state index contributed by atoms with van der Waals surface area (Å²) in [5.74, 6) is 0. The summed E-state index contributed by atoms with van der Waals surface area (Å²) >= 11 is 0. The van der Waals surface area contributed by atoms with Crippen LogP contribution in [0.2, 0.25) is 0 Å². The van der Waals surface area contributed by atoms with Crippen LogP contribution in [-0.2, 0) is 0 Å². The molecule has 0 N–H and O–H groups in total. The largest absolute Gasteiger partial charge is 0.662 e. The highest BCUT2D eigenvalue weighted by Gasteiger charge is 1.89. The monoisotopic (exact) mass is 156 g/mol. The lowest BCUT2D eigenvalue weighted by Gasteiger charge is -2.15. The van der Waals surface area contributed by atoms with E-state index >= 15 is 0 Å². The van der Waals surface area contributed by atoms with Crippen LogP contribution in [0, 0.1) is 0 Å². The maximum Gasteiger partial charge on any atom is -0.0534 e. The molecule has 1 fully saturated rings. The van der Waals surface area contributed by atoms with E-state index < -0.39 is 0 Å². The van der Waals surface area contributed by atoms with Crippen molar-refractivity contribution in [3.05, 3.63) is 5.32 Å². The van der Waals surface area contributed by atoms with Crippen LogP contribution in [-0.4, -0.2) is 13.1 Å². The lowest BCUT2D eigenvalue weighted by Crippen LogP contribution is -1.85. The van der Waals surface area contributed by atoms with Gasteiger partial charge >= 0.3 is 0 Å². The van der Waals surface area contributed by atoms with Crippen molar-refractivity contribution in [1.82, 2.24) is 0 Å². The van der Waals surface area contributed by atoms with Crippen LogP contribution in [0.3, 0.4) is 0 Å². The van der Waals surface area contributed by atoms with E-state index in [2.05, 4.69) is 5.32 Å². The molecule has 0 saturated carbocycles. The fraction of sp³-hybridized carbons (Fsp3) is 1.00. The van der Waals surface area contributed by atoms with Gasteiger partial charge in [-0.25, -0.2) is 0 Å². The van der Waals surface area contributed by atoms with Gasteiger partial charge in [0.2, 0.25) is 0 Å². The average molecular weight is 156 g/mol. The minimum absolute atomic E-state index is 1.12. The summed E-state index contributed by atoms with van der Waals surface area (Å²) in [6.07, 6.45) is 8.36. The zero-order chi connectivity index (χ0) is 8.36. The van der Waals surface area contributed by atoms with Gasteiger partial charge < -0.3 is 5.32 Å². The van der Waals surface area contributed by atoms with E-state index in [0.717, 1.165) is 13.1 Å². The molecule has 1 aliphatic rings. The van der Waals surface area contributed by atoms with Gasteiger partial charge in [-0.1, -0.05) is 52.4 Å². The summed E-state index contributed by atoms with van der Waals surface area (Å²) in [5.41, 5.74) is 0. The Morgan fingerprint density at radius 1 is 0.636 bits per heavy atom. The molecular formula is C10H22N-. The van der Waals surface area contributed by atoms with Crippen LogP contribution in [0.1, 0.15) is 52.4 Å². The van der Waals surface area contributed by atoms with E-state index in [-0.39, 0.29) is 0 Å². The predicted octanol–water partition coefficient (Wildman–Crippen LogP) is 3.74. The smallest absolute Gasteiger partial charge is 0.0534 e. The van der Waals surface area contributed by atoms with E-state index in [9.17, 15) is 0 Å². The molecular weight excluding hydrogens is 134 g/mol. The second kappa shape index (κ2) is 9.96. The van der Waals surface area contributed by atoms with Crippen LogP contribution >= 0.6 is 0 Å². The minimum Gasteiger partial charge on any atom is -0.662 e. The molecule has 1 heteroatoms. The number of rotatable bonds is 0. The molecule has 11 heavy (non-hydrogen) atoms. The molecule has 0 aliphatic carbocycles. The second-order valence-electron chi connectivity index (χ2n) is 2.79. The fourth-order valence-corrected chi connectivity index (χ4v) is 1.27. The van der Waals surface area contributed by atoms with Gasteiger partial charge in [0.1, 0.15) is 0 Å². The molecule has 1 rings (SSSR count). The van der Waals surface area contributed by atoms with Crippen LogP contribution in [0.5, 0.6) is 0 Å². The Morgan fingerprint density at radius 2 is 1.00 bits per heavy atom. The Bertz CT molecular complexity index is 33.4. The van der Waals surface area contributed by atoms with Gasteiger partial charge in [-0.3, -0.25) is 0 Å². The highest BCUT2D eigenvalue weighted by atomic mass is 14.8. The molecule has 0 amide bonds. The zero-order valence-electron chi connectivity index (χ0n) is 8.10. The topological polar surface area (TPSA) is 14.1 Å². The SMILES string of the molecule is C1CCCC[N-]CCC1.CC. The molecule has 1 nitrogen and oxygen atoms in total. The van der Waals surface area contributed by atoms with Crippen molar-refractivity contribution in [1.29, 1.82) is 0 Å². The third-order valence-electron chi connectivity index (χ3n) is 1.88. The van der Waals surface area contributed by atoms with Gasteiger partial charge in [0, 0.05) is 0 Å². The van der Waals surface area contributed by atoms with E-state index in [1.54, 1.807) is 0 Å². The van der Waals surface area contributed by atoms with Crippen molar-refractivity contribution in [3.63, 3.8) is 0 Å². The highest BCUT2D eigenvalue weighted by molar-refractivity contribution is 4.79. The molecule has 0 radical (unpaired) electrons. The van der Waals surface area contributed by atoms with Crippen LogP contribution in [0.25, 0.3) is 5.32 Å². The number of hydrogen-bond donors (Lipinski definition) is 0. The van der Waals surface area contributed by atoms with Gasteiger partial charge in [-0.15, -0.1) is 13.1 Å². The number of nitrogens with zero attached hydrogens (tertiary/aromatic N) is 1. The van der Waals surface area contributed by atoms with Crippen LogP contribution in [0.15, 0.2) is 0 Å². The first kappa shape index (κ1) is 11.0. The molecule has 0 unspecified atom stereocenters. The van der Waals surface area contributed by atoms with Gasteiger partial charge in [-0.05, 0) is 0 Å². The molecule has 0 aromatic rings. The first-order chi connectivity index (χ1) is 5.50. The summed E-state index contributed by atoms with van der Waals surface area (Å²) in [4.78, 5) is 0. The van der Waals surface area contributed by atoms with Gasteiger partial charge in [-0.2, -0.15) is 0 Å². The number of hydrogen-bond acceptors (Lipinski definition) is 0. The van der Waals surface area contributed by atoms with Gasteiger partial charge in [0.15, 0.2) is 0 Å². The summed E-state index contributed by atoms with van der Waals surface area (Å²) in [6.45, 7) is 6.25. The summed E-state index contributed by atoms with van der Waals surface area (Å²) in [7, 11) is 0. The van der Waals surface area contributed by atoms with Crippen molar-refractivity contribution in [2.24, 2.45) is 0 Å². The van der Waals surface area contributed by atoms with E-state index in [1.165, 1.54) is 38.5 Å². The van der Waals surface area contributed by atoms with Gasteiger partial charge in [0.05, 0.1) is 0 Å². The summed E-state index contributed by atoms with van der Waals surface area (Å²) in [6, 6.07) is 0. The minimum atomic E-state index is 1.12. The third-order valence-corrected chi connectivity index (χ3v) is 1.88. The van der Waals surface area contributed by atoms with Crippen molar-refractivity contribution in [3.8, 4) is 0 Å². The fourth-order valence-electron chi connectivity index (χ4n) is 1.27. The van der Waals surface area contributed by atoms with Crippen molar-refractivity contribution >= 4 is 0 Å². The maximum absolute atomic E-state index is 4.39. The standard InChI is InChI=1S/C8H16N.C2H6/c1-2-4-6-8-9-7-5-3-1;1-2/h1-8H2;1-2H3/q-1;. The average Bonchev–Trinajstić information content (AvgIpc) is 2.22. The Hall–Kier alpha value is -0.0400. The molecule has 1 heterocycles. The molecule has 0 bridgehead atoms. The lowest BCUT2D eigenvalue weighted by atomic mass is 10.1. The van der Waals surface area contributed by atoms with Crippen molar-refractivity contribution in [2.75, 3.05) is 13.1 Å². The van der Waals surface area contributed by atoms with E-state index in [4.69, 9.17) is 0 Å². The highest BCUT2D eigenvalue weighted by Crippen LogP contribution is 2.10. The molecule has 0 atom stereocenters. The van der Waals surface area contributed by atoms with Gasteiger partial charge in [0.25, 0.3) is 0 Å². The normalized spacial score (nSPS) is 20.2. The van der Waals surface area contributed by atoms with Crippen molar-refractivity contribution in [2.45, 2.75) is 52.4 Å². The molecule has 1 aliphatic heterocycles. The lowest BCUT2D eigenvalue weighted by molar-refractivity contribution is 0.636. The molecule has 0 aromatic carbocycles. The molecule has 0 aromatic heterocycles. The zero-order valence-corrected chi connectivity index (χ0v) is 8.10. The quantitative estimate of drug-likeness (QED) is 0.507. The van der Waals surface area contributed by atoms with E-state index in [0.29, 0.717) is 0 Å². The summed E-state index contributed by atoms with van der Waals surface area (Å²) in [5, 5.41) is 4.39. The molecule has 1 saturated heterocycles. The van der Waals surface area contributed by atoms with Crippen LogP contribution in [0.4, 0.5) is 0 Å². The predicted molar refractivity (Wildman–Crippen MR) is 52.1 cm³/mol. The Kier molecular flexibility index (Phi) is 9.92. The van der Waals surface area contributed by atoms with Crippen LogP contribution < -0.4 is 0 Å². The third kappa shape index (κ3) is 7.86. The first-order valence-electron chi connectivity index (χ1n) is 5.13. The summed E-state index contributed by atoms with van der Waals surface area (Å²) < 4.78 is 0. The Morgan fingerprint density at radius 3 is 1.45 bits per heavy atom. The molecule has 0 spiro atoms. The molecule has 68 valence electrons. The van der Waals surface area contributed by atoms with Crippen molar-refractivity contribution < 1.29 is 0 Å². The Balaban J connectivity index is 0.000000461. The Labute approximate surface area is 71.6 Å². The maximum atomic E-state index is 4.39. The first-order valence-corrected chi connectivity index (χ1v) is 5.13. The van der Waals surface area contributed by atoms with E-state index in [1.807, 2.05) is 13.8 Å².